The summed E-state index contributed by atoms with van der Waals surface area (Å²) in [4.78, 5) is 23.7. The van der Waals surface area contributed by atoms with Crippen molar-refractivity contribution in [1.29, 1.82) is 0 Å². The molecule has 0 bridgehead atoms. The highest BCUT2D eigenvalue weighted by Crippen LogP contribution is 2.33. The van der Waals surface area contributed by atoms with Crippen LogP contribution >= 0.6 is 43.2 Å². The Hall–Kier alpha value is -1.38. The highest BCUT2D eigenvalue weighted by atomic mass is 79.9. The van der Waals surface area contributed by atoms with Gasteiger partial charge in [0.15, 0.2) is 0 Å². The van der Waals surface area contributed by atoms with E-state index in [-0.39, 0.29) is 11.5 Å². The Morgan fingerprint density at radius 1 is 1.29 bits per heavy atom. The Balaban J connectivity index is 2.31. The summed E-state index contributed by atoms with van der Waals surface area (Å²) >= 11 is 7.89. The average molecular weight is 435 g/mol. The van der Waals surface area contributed by atoms with Gasteiger partial charge in [0.1, 0.15) is 5.75 Å². The van der Waals surface area contributed by atoms with Crippen LogP contribution in [0.4, 0.5) is 5.69 Å². The van der Waals surface area contributed by atoms with E-state index in [9.17, 15) is 9.59 Å². The second kappa shape index (κ2) is 6.59. The first-order chi connectivity index (χ1) is 9.92. The average Bonchev–Trinajstić information content (AvgIpc) is 2.78. The Labute approximate surface area is 141 Å². The Kier molecular flexibility index (Phi) is 5.02. The number of carboxylic acids is 1. The summed E-state index contributed by atoms with van der Waals surface area (Å²) in [7, 11) is 1.45. The van der Waals surface area contributed by atoms with Gasteiger partial charge in [0.25, 0.3) is 5.91 Å². The molecule has 0 aliphatic heterocycles. The standard InChI is InChI=1S/C13H9Br2NO4S/c1-20-9-3-2-6(13(18)19)4-8(9)16-12(17)10-5-7(14)11(15)21-10/h2-5H,1H3,(H,16,17)(H,18,19). The Morgan fingerprint density at radius 3 is 2.52 bits per heavy atom. The molecule has 2 rings (SSSR count). The number of rotatable bonds is 4. The molecule has 110 valence electrons. The van der Waals surface area contributed by atoms with E-state index in [0.717, 1.165) is 8.26 Å². The van der Waals surface area contributed by atoms with Crippen molar-refractivity contribution in [2.75, 3.05) is 12.4 Å². The molecule has 1 aromatic heterocycles. The largest absolute Gasteiger partial charge is 0.495 e. The molecule has 8 heteroatoms. The molecule has 5 nitrogen and oxygen atoms in total. The first-order valence-electron chi connectivity index (χ1n) is 5.60. The normalized spacial score (nSPS) is 10.2. The fourth-order valence-corrected chi connectivity index (χ4v) is 3.51. The molecule has 0 saturated heterocycles. The van der Waals surface area contributed by atoms with Crippen LogP contribution in [0.1, 0.15) is 20.0 Å². The topological polar surface area (TPSA) is 75.6 Å². The van der Waals surface area contributed by atoms with Gasteiger partial charge in [-0.05, 0) is 56.1 Å². The number of thiophene rings is 1. The number of nitrogens with one attached hydrogen (secondary N) is 1. The second-order valence-corrected chi connectivity index (χ2v) is 7.13. The molecule has 21 heavy (non-hydrogen) atoms. The molecule has 2 aromatic rings. The fraction of sp³-hybridized carbons (Fsp3) is 0.0769. The number of aromatic carboxylic acids is 1. The van der Waals surface area contributed by atoms with Crippen molar-refractivity contribution in [3.8, 4) is 5.75 Å². The summed E-state index contributed by atoms with van der Waals surface area (Å²) in [6, 6.07) is 5.95. The molecule has 0 spiro atoms. The first-order valence-corrected chi connectivity index (χ1v) is 8.00. The number of carboxylic acid groups (broad SMARTS) is 1. The molecular formula is C13H9Br2NO4S. The number of carbonyl (C=O) groups excluding carboxylic acids is 1. The molecule has 1 aromatic carbocycles. The van der Waals surface area contributed by atoms with Gasteiger partial charge in [0.05, 0.1) is 27.0 Å². The number of carbonyl (C=O) groups is 2. The van der Waals surface area contributed by atoms with Crippen LogP contribution in [0.2, 0.25) is 0 Å². The molecule has 1 amide bonds. The van der Waals surface area contributed by atoms with Gasteiger partial charge in [-0.25, -0.2) is 4.79 Å². The summed E-state index contributed by atoms with van der Waals surface area (Å²) in [5.41, 5.74) is 0.377. The van der Waals surface area contributed by atoms with Crippen molar-refractivity contribution < 1.29 is 19.4 Å². The lowest BCUT2D eigenvalue weighted by Gasteiger charge is -2.10. The zero-order valence-electron chi connectivity index (χ0n) is 10.6. The monoisotopic (exact) mass is 433 g/mol. The molecule has 2 N–H and O–H groups in total. The fourth-order valence-electron chi connectivity index (χ4n) is 1.58. The first kappa shape index (κ1) is 16.0. The molecule has 0 fully saturated rings. The van der Waals surface area contributed by atoms with Gasteiger partial charge in [-0.1, -0.05) is 0 Å². The third-order valence-electron chi connectivity index (χ3n) is 2.56. The van der Waals surface area contributed by atoms with Crippen molar-refractivity contribution in [2.45, 2.75) is 0 Å². The lowest BCUT2D eigenvalue weighted by Crippen LogP contribution is -2.12. The van der Waals surface area contributed by atoms with Gasteiger partial charge in [0, 0.05) is 4.47 Å². The smallest absolute Gasteiger partial charge is 0.335 e. The van der Waals surface area contributed by atoms with E-state index < -0.39 is 5.97 Å². The van der Waals surface area contributed by atoms with Crippen molar-refractivity contribution >= 4 is 60.8 Å². The van der Waals surface area contributed by atoms with E-state index in [4.69, 9.17) is 9.84 Å². The summed E-state index contributed by atoms with van der Waals surface area (Å²) in [6.45, 7) is 0. The van der Waals surface area contributed by atoms with Crippen LogP contribution < -0.4 is 10.1 Å². The quantitative estimate of drug-likeness (QED) is 0.754. The van der Waals surface area contributed by atoms with Crippen molar-refractivity contribution in [1.82, 2.24) is 0 Å². The van der Waals surface area contributed by atoms with E-state index in [1.165, 1.54) is 36.6 Å². The Bertz CT molecular complexity index is 695. The SMILES string of the molecule is COc1ccc(C(=O)O)cc1NC(=O)c1cc(Br)c(Br)s1. The maximum Gasteiger partial charge on any atom is 0.335 e. The molecule has 0 saturated carbocycles. The highest BCUT2D eigenvalue weighted by Gasteiger charge is 2.15. The molecule has 0 radical (unpaired) electrons. The number of ether oxygens (including phenoxy) is 1. The molecule has 1 heterocycles. The van der Waals surface area contributed by atoms with Crippen LogP contribution in [0.5, 0.6) is 5.75 Å². The number of hydrogen-bond acceptors (Lipinski definition) is 4. The van der Waals surface area contributed by atoms with E-state index in [0.29, 0.717) is 16.3 Å². The molecular weight excluding hydrogens is 426 g/mol. The molecule has 0 atom stereocenters. The maximum atomic E-state index is 12.2. The summed E-state index contributed by atoms with van der Waals surface area (Å²) in [5.74, 6) is -1.02. The third-order valence-corrected chi connectivity index (χ3v) is 5.82. The van der Waals surface area contributed by atoms with Gasteiger partial charge in [0.2, 0.25) is 0 Å². The van der Waals surface area contributed by atoms with Crippen LogP contribution in [0.3, 0.4) is 0 Å². The number of methoxy groups -OCH3 is 1. The lowest BCUT2D eigenvalue weighted by atomic mass is 10.2. The van der Waals surface area contributed by atoms with E-state index in [1.54, 1.807) is 6.07 Å². The summed E-state index contributed by atoms with van der Waals surface area (Å²) < 4.78 is 6.71. The minimum absolute atomic E-state index is 0.0691. The summed E-state index contributed by atoms with van der Waals surface area (Å²) in [6.07, 6.45) is 0. The second-order valence-electron chi connectivity index (χ2n) is 3.91. The minimum atomic E-state index is -1.07. The maximum absolute atomic E-state index is 12.2. The van der Waals surface area contributed by atoms with Crippen LogP contribution in [-0.4, -0.2) is 24.1 Å². The molecule has 0 unspecified atom stereocenters. The number of amides is 1. The van der Waals surface area contributed by atoms with Crippen molar-refractivity contribution in [3.63, 3.8) is 0 Å². The van der Waals surface area contributed by atoms with E-state index >= 15 is 0 Å². The number of hydrogen-bond donors (Lipinski definition) is 2. The number of benzene rings is 1. The van der Waals surface area contributed by atoms with Crippen molar-refractivity contribution in [2.24, 2.45) is 0 Å². The van der Waals surface area contributed by atoms with Crippen LogP contribution in [-0.2, 0) is 0 Å². The Morgan fingerprint density at radius 2 is 2.00 bits per heavy atom. The van der Waals surface area contributed by atoms with Gasteiger partial charge in [-0.3, -0.25) is 4.79 Å². The van der Waals surface area contributed by atoms with Gasteiger partial charge < -0.3 is 15.2 Å². The minimum Gasteiger partial charge on any atom is -0.495 e. The van der Waals surface area contributed by atoms with Crippen LogP contribution in [0.15, 0.2) is 32.5 Å². The van der Waals surface area contributed by atoms with Crippen molar-refractivity contribution in [3.05, 3.63) is 43.0 Å². The zero-order chi connectivity index (χ0) is 15.6. The number of halogens is 2. The van der Waals surface area contributed by atoms with E-state index in [1.807, 2.05) is 0 Å². The third kappa shape index (κ3) is 3.63. The van der Waals surface area contributed by atoms with Gasteiger partial charge in [-0.15, -0.1) is 11.3 Å². The molecule has 0 aliphatic carbocycles. The lowest BCUT2D eigenvalue weighted by molar-refractivity contribution is 0.0696. The number of anilines is 1. The van der Waals surface area contributed by atoms with Gasteiger partial charge >= 0.3 is 5.97 Å². The predicted molar refractivity (Wildman–Crippen MR) is 87.6 cm³/mol. The predicted octanol–water partition coefficient (Wildman–Crippen LogP) is 4.23. The zero-order valence-corrected chi connectivity index (χ0v) is 14.6. The van der Waals surface area contributed by atoms with Crippen LogP contribution in [0.25, 0.3) is 0 Å². The summed E-state index contributed by atoms with van der Waals surface area (Å²) in [5, 5.41) is 11.7. The van der Waals surface area contributed by atoms with Gasteiger partial charge in [-0.2, -0.15) is 0 Å². The van der Waals surface area contributed by atoms with Crippen LogP contribution in [0, 0.1) is 0 Å². The molecule has 0 aliphatic rings. The highest BCUT2D eigenvalue weighted by molar-refractivity contribution is 9.13. The van der Waals surface area contributed by atoms with E-state index in [2.05, 4.69) is 37.2 Å².